The van der Waals surface area contributed by atoms with E-state index in [0.29, 0.717) is 12.1 Å². The Morgan fingerprint density at radius 3 is 2.87 bits per heavy atom. The van der Waals surface area contributed by atoms with E-state index in [0.717, 1.165) is 43.9 Å². The third-order valence-electron chi connectivity index (χ3n) is 5.42. The van der Waals surface area contributed by atoms with Gasteiger partial charge in [-0.1, -0.05) is 25.1 Å². The highest BCUT2D eigenvalue weighted by atomic mass is 16.5. The van der Waals surface area contributed by atoms with Crippen molar-refractivity contribution in [3.63, 3.8) is 0 Å². The van der Waals surface area contributed by atoms with Gasteiger partial charge in [0.2, 0.25) is 0 Å². The van der Waals surface area contributed by atoms with E-state index >= 15 is 0 Å². The molecule has 122 valence electrons. The van der Waals surface area contributed by atoms with Crippen molar-refractivity contribution in [2.45, 2.75) is 32.4 Å². The highest BCUT2D eigenvalue weighted by Gasteiger charge is 2.39. The van der Waals surface area contributed by atoms with E-state index < -0.39 is 0 Å². The molecule has 2 saturated heterocycles. The van der Waals surface area contributed by atoms with E-state index in [1.807, 2.05) is 0 Å². The molecule has 4 nitrogen and oxygen atoms in total. The zero-order valence-electron chi connectivity index (χ0n) is 14.2. The first-order valence-corrected chi connectivity index (χ1v) is 8.64. The molecule has 1 aromatic carbocycles. The van der Waals surface area contributed by atoms with Crippen molar-refractivity contribution in [3.05, 3.63) is 35.5 Å². The van der Waals surface area contributed by atoms with E-state index in [4.69, 9.17) is 9.72 Å². The number of morpholine rings is 1. The minimum atomic E-state index is 0.325. The summed E-state index contributed by atoms with van der Waals surface area (Å²) in [4.78, 5) is 9.80. The predicted molar refractivity (Wildman–Crippen MR) is 94.2 cm³/mol. The lowest BCUT2D eigenvalue weighted by molar-refractivity contribution is -0.0362. The monoisotopic (exact) mass is 311 g/mol. The van der Waals surface area contributed by atoms with Gasteiger partial charge in [-0.15, -0.1) is 0 Å². The molecule has 2 aliphatic heterocycles. The summed E-state index contributed by atoms with van der Waals surface area (Å²) in [6.45, 7) is 8.28. The highest BCUT2D eigenvalue weighted by Crippen LogP contribution is 2.36. The van der Waals surface area contributed by atoms with E-state index in [9.17, 15) is 0 Å². The first kappa shape index (κ1) is 14.9. The molecule has 23 heavy (non-hydrogen) atoms. The second kappa shape index (κ2) is 5.77. The summed E-state index contributed by atoms with van der Waals surface area (Å²) in [5.41, 5.74) is 5.01. The molecule has 0 bridgehead atoms. The van der Waals surface area contributed by atoms with Crippen LogP contribution < -0.4 is 4.90 Å². The molecule has 0 radical (unpaired) electrons. The summed E-state index contributed by atoms with van der Waals surface area (Å²) in [5, 5.41) is 1.27. The van der Waals surface area contributed by atoms with Crippen LogP contribution >= 0.6 is 0 Å². The van der Waals surface area contributed by atoms with Crippen molar-refractivity contribution < 1.29 is 4.74 Å². The van der Waals surface area contributed by atoms with E-state index in [1.54, 1.807) is 0 Å². The summed E-state index contributed by atoms with van der Waals surface area (Å²) >= 11 is 0. The zero-order valence-corrected chi connectivity index (χ0v) is 14.2. The molecule has 2 atom stereocenters. The standard InChI is InChI=1S/C19H25N3O/c1-4-14-13(2)20-16-8-6-5-7-15(16)19(14)22-11-17-18(12-22)23-10-9-21(17)3/h5-8,17-18H,4,9-12H2,1-3H3. The molecule has 2 aromatic rings. The van der Waals surface area contributed by atoms with E-state index in [2.05, 4.69) is 55.0 Å². The van der Waals surface area contributed by atoms with Crippen LogP contribution in [0.25, 0.3) is 10.9 Å². The van der Waals surface area contributed by atoms with Crippen molar-refractivity contribution in [2.75, 3.05) is 38.2 Å². The van der Waals surface area contributed by atoms with Gasteiger partial charge in [0.25, 0.3) is 0 Å². The van der Waals surface area contributed by atoms with Gasteiger partial charge in [0.15, 0.2) is 0 Å². The third-order valence-corrected chi connectivity index (χ3v) is 5.42. The van der Waals surface area contributed by atoms with Crippen LogP contribution in [0.1, 0.15) is 18.2 Å². The van der Waals surface area contributed by atoms with Gasteiger partial charge in [-0.3, -0.25) is 9.88 Å². The van der Waals surface area contributed by atoms with Crippen LogP contribution in [0.15, 0.2) is 24.3 Å². The fourth-order valence-electron chi connectivity index (χ4n) is 4.18. The minimum absolute atomic E-state index is 0.325. The van der Waals surface area contributed by atoms with Gasteiger partial charge in [-0.25, -0.2) is 0 Å². The molecular formula is C19H25N3O. The summed E-state index contributed by atoms with van der Waals surface area (Å²) in [5.74, 6) is 0. The number of rotatable bonds is 2. The molecular weight excluding hydrogens is 286 g/mol. The molecule has 0 spiro atoms. The number of ether oxygens (including phenoxy) is 1. The van der Waals surface area contributed by atoms with Crippen molar-refractivity contribution in [1.82, 2.24) is 9.88 Å². The van der Waals surface area contributed by atoms with Crippen molar-refractivity contribution in [1.29, 1.82) is 0 Å². The Hall–Kier alpha value is -1.65. The van der Waals surface area contributed by atoms with Gasteiger partial charge in [0, 0.05) is 30.7 Å². The third kappa shape index (κ3) is 2.41. The van der Waals surface area contributed by atoms with Crippen molar-refractivity contribution in [2.24, 2.45) is 0 Å². The molecule has 2 fully saturated rings. The maximum Gasteiger partial charge on any atom is 0.0922 e. The number of hydrogen-bond acceptors (Lipinski definition) is 4. The lowest BCUT2D eigenvalue weighted by Gasteiger charge is -2.33. The SMILES string of the molecule is CCc1c(C)nc2ccccc2c1N1CC2OCCN(C)C2C1. The smallest absolute Gasteiger partial charge is 0.0922 e. The van der Waals surface area contributed by atoms with Crippen LogP contribution in [0, 0.1) is 6.92 Å². The van der Waals surface area contributed by atoms with Gasteiger partial charge in [0.05, 0.1) is 30.0 Å². The summed E-state index contributed by atoms with van der Waals surface area (Å²) in [6, 6.07) is 9.03. The Labute approximate surface area is 138 Å². The molecule has 2 aliphatic rings. The summed E-state index contributed by atoms with van der Waals surface area (Å²) in [7, 11) is 2.22. The van der Waals surface area contributed by atoms with Gasteiger partial charge < -0.3 is 9.64 Å². The number of benzene rings is 1. The zero-order chi connectivity index (χ0) is 16.0. The summed E-state index contributed by atoms with van der Waals surface area (Å²) < 4.78 is 6.04. The molecule has 4 rings (SSSR count). The Balaban J connectivity index is 1.82. The van der Waals surface area contributed by atoms with Crippen molar-refractivity contribution in [3.8, 4) is 0 Å². The number of para-hydroxylation sites is 1. The topological polar surface area (TPSA) is 28.6 Å². The number of anilines is 1. The number of nitrogens with zero attached hydrogens (tertiary/aromatic N) is 3. The second-order valence-electron chi connectivity index (χ2n) is 6.76. The summed E-state index contributed by atoms with van der Waals surface area (Å²) in [6.07, 6.45) is 1.34. The molecule has 2 unspecified atom stereocenters. The molecule has 4 heteroatoms. The van der Waals surface area contributed by atoms with Crippen LogP contribution in [-0.2, 0) is 11.2 Å². The fourth-order valence-corrected chi connectivity index (χ4v) is 4.18. The first-order chi connectivity index (χ1) is 11.2. The highest BCUT2D eigenvalue weighted by molar-refractivity contribution is 5.94. The van der Waals surface area contributed by atoms with Crippen LogP contribution in [-0.4, -0.2) is 55.3 Å². The lowest BCUT2D eigenvalue weighted by Crippen LogP contribution is -2.48. The number of fused-ring (bicyclic) bond motifs is 2. The number of pyridine rings is 1. The van der Waals surface area contributed by atoms with Crippen LogP contribution in [0.2, 0.25) is 0 Å². The number of aromatic nitrogens is 1. The maximum absolute atomic E-state index is 6.04. The van der Waals surface area contributed by atoms with Crippen LogP contribution in [0.3, 0.4) is 0 Å². The molecule has 3 heterocycles. The minimum Gasteiger partial charge on any atom is -0.373 e. The normalized spacial score (nSPS) is 25.1. The van der Waals surface area contributed by atoms with E-state index in [-0.39, 0.29) is 0 Å². The number of aryl methyl sites for hydroxylation is 1. The number of likely N-dealkylation sites (N-methyl/N-ethyl adjacent to an activating group) is 1. The Bertz CT molecular complexity index is 730. The second-order valence-corrected chi connectivity index (χ2v) is 6.76. The average Bonchev–Trinajstić information content (AvgIpc) is 2.98. The molecule has 0 aliphatic carbocycles. The Morgan fingerprint density at radius 1 is 1.26 bits per heavy atom. The lowest BCUT2D eigenvalue weighted by atomic mass is 10.0. The molecule has 0 saturated carbocycles. The van der Waals surface area contributed by atoms with Gasteiger partial charge in [-0.2, -0.15) is 0 Å². The van der Waals surface area contributed by atoms with Gasteiger partial charge in [0.1, 0.15) is 0 Å². The van der Waals surface area contributed by atoms with Crippen LogP contribution in [0.4, 0.5) is 5.69 Å². The number of hydrogen-bond donors (Lipinski definition) is 0. The fraction of sp³-hybridized carbons (Fsp3) is 0.526. The molecule has 0 N–H and O–H groups in total. The van der Waals surface area contributed by atoms with E-state index in [1.165, 1.54) is 16.6 Å². The van der Waals surface area contributed by atoms with Crippen molar-refractivity contribution >= 4 is 16.6 Å². The predicted octanol–water partition coefficient (Wildman–Crippen LogP) is 2.62. The van der Waals surface area contributed by atoms with Gasteiger partial charge >= 0.3 is 0 Å². The van der Waals surface area contributed by atoms with Gasteiger partial charge in [-0.05, 0) is 32.0 Å². The van der Waals surface area contributed by atoms with Crippen LogP contribution in [0.5, 0.6) is 0 Å². The Morgan fingerprint density at radius 2 is 2.09 bits per heavy atom. The quantitative estimate of drug-likeness (QED) is 0.852. The maximum atomic E-state index is 6.04. The Kier molecular flexibility index (Phi) is 3.74. The largest absolute Gasteiger partial charge is 0.373 e. The first-order valence-electron chi connectivity index (χ1n) is 8.64. The molecule has 0 amide bonds. The molecule has 1 aromatic heterocycles. The average molecular weight is 311 g/mol.